The number of nitrogens with one attached hydrogen (secondary N) is 2. The molecule has 4 rings (SSSR count). The third-order valence-electron chi connectivity index (χ3n) is 4.84. The number of halogens is 4. The van der Waals surface area contributed by atoms with Gasteiger partial charge in [-0.05, 0) is 66.4 Å². The lowest BCUT2D eigenvalue weighted by molar-refractivity contribution is 0.287. The molecule has 1 atom stereocenters. The summed E-state index contributed by atoms with van der Waals surface area (Å²) in [6, 6.07) is 11.5. The van der Waals surface area contributed by atoms with E-state index in [0.29, 0.717) is 5.82 Å². The van der Waals surface area contributed by atoms with Crippen molar-refractivity contribution < 1.29 is 17.9 Å². The predicted molar refractivity (Wildman–Crippen MR) is 121 cm³/mol. The van der Waals surface area contributed by atoms with E-state index in [1.807, 2.05) is 0 Å². The maximum atomic E-state index is 14.6. The van der Waals surface area contributed by atoms with Crippen molar-refractivity contribution in [2.75, 3.05) is 17.9 Å². The highest BCUT2D eigenvalue weighted by Gasteiger charge is 2.20. The highest BCUT2D eigenvalue weighted by molar-refractivity contribution is 8.00. The first kappa shape index (κ1) is 22.5. The van der Waals surface area contributed by atoms with E-state index in [1.165, 1.54) is 36.4 Å². The summed E-state index contributed by atoms with van der Waals surface area (Å²) in [6.07, 6.45) is 4.01. The molecule has 1 unspecified atom stereocenters. The van der Waals surface area contributed by atoms with Crippen LogP contribution in [0.2, 0.25) is 5.02 Å². The molecule has 0 radical (unpaired) electrons. The largest absolute Gasteiger partial charge is 0.490 e. The molecule has 32 heavy (non-hydrogen) atoms. The van der Waals surface area contributed by atoms with Crippen LogP contribution in [0.1, 0.15) is 12.0 Å². The number of benzene rings is 2. The van der Waals surface area contributed by atoms with E-state index >= 15 is 0 Å². The van der Waals surface area contributed by atoms with Gasteiger partial charge in [-0.2, -0.15) is 0 Å². The zero-order valence-electron chi connectivity index (χ0n) is 16.7. The van der Waals surface area contributed by atoms with Crippen LogP contribution in [-0.2, 0) is 0 Å². The summed E-state index contributed by atoms with van der Waals surface area (Å²) in [4.78, 5) is 4.11. The van der Waals surface area contributed by atoms with Crippen LogP contribution in [-0.4, -0.2) is 24.2 Å². The number of hydrogen-bond donors (Lipinski definition) is 2. The van der Waals surface area contributed by atoms with Gasteiger partial charge in [0, 0.05) is 6.07 Å². The zero-order chi connectivity index (χ0) is 22.5. The summed E-state index contributed by atoms with van der Waals surface area (Å²) in [5.74, 6) is -0.665. The van der Waals surface area contributed by atoms with Gasteiger partial charge in [-0.15, -0.1) is 0 Å². The lowest BCUT2D eigenvalue weighted by Crippen LogP contribution is -2.38. The summed E-state index contributed by atoms with van der Waals surface area (Å²) in [5, 5.41) is 3.62. The van der Waals surface area contributed by atoms with E-state index in [2.05, 4.69) is 21.1 Å². The quantitative estimate of drug-likeness (QED) is 0.403. The van der Waals surface area contributed by atoms with Crippen molar-refractivity contribution in [3.05, 3.63) is 88.8 Å². The monoisotopic (exact) mass is 477 g/mol. The number of rotatable bonds is 7. The molecule has 0 saturated heterocycles. The Balaban J connectivity index is 1.42. The van der Waals surface area contributed by atoms with Gasteiger partial charge in [0.1, 0.15) is 35.6 Å². The Bertz CT molecular complexity index is 1110. The second kappa shape index (κ2) is 10.3. The molecular weight excluding hydrogens is 459 g/mol. The number of ether oxygens (including phenoxy) is 1. The number of nitrogens with zero attached hydrogens (tertiary/aromatic N) is 1. The molecule has 3 aromatic rings. The summed E-state index contributed by atoms with van der Waals surface area (Å²) in [5.41, 5.74) is 1.90. The van der Waals surface area contributed by atoms with Gasteiger partial charge in [-0.25, -0.2) is 18.2 Å². The highest BCUT2D eigenvalue weighted by Crippen LogP contribution is 2.33. The Morgan fingerprint density at radius 2 is 1.88 bits per heavy atom. The van der Waals surface area contributed by atoms with Crippen LogP contribution in [0.4, 0.5) is 19.0 Å². The van der Waals surface area contributed by atoms with Gasteiger partial charge < -0.3 is 14.8 Å². The molecule has 9 heteroatoms. The fraction of sp³-hybridized carbons (Fsp3) is 0.174. The number of anilines is 1. The number of hydrogen-bond acceptors (Lipinski definition) is 5. The molecule has 0 amide bonds. The minimum Gasteiger partial charge on any atom is -0.490 e. The van der Waals surface area contributed by atoms with Crippen molar-refractivity contribution in [3.63, 3.8) is 0 Å². The molecule has 1 aliphatic rings. The molecule has 0 aliphatic carbocycles. The minimum absolute atomic E-state index is 0.145. The Morgan fingerprint density at radius 3 is 2.62 bits per heavy atom. The van der Waals surface area contributed by atoms with Crippen molar-refractivity contribution in [1.29, 1.82) is 0 Å². The molecule has 0 spiro atoms. The van der Waals surface area contributed by atoms with Crippen LogP contribution in [0.15, 0.2) is 65.7 Å². The Labute approximate surface area is 193 Å². The van der Waals surface area contributed by atoms with Crippen LogP contribution in [0, 0.1) is 17.5 Å². The molecule has 4 nitrogen and oxygen atoms in total. The summed E-state index contributed by atoms with van der Waals surface area (Å²) < 4.78 is 49.5. The van der Waals surface area contributed by atoms with E-state index in [1.54, 1.807) is 12.1 Å². The molecule has 1 aromatic heterocycles. The van der Waals surface area contributed by atoms with Gasteiger partial charge in [-0.1, -0.05) is 29.8 Å². The molecule has 0 saturated carbocycles. The van der Waals surface area contributed by atoms with Crippen LogP contribution in [0.5, 0.6) is 5.75 Å². The van der Waals surface area contributed by atoms with E-state index < -0.39 is 11.6 Å². The lowest BCUT2D eigenvalue weighted by atomic mass is 9.95. The van der Waals surface area contributed by atoms with Crippen LogP contribution < -0.4 is 14.8 Å². The molecule has 2 aromatic carbocycles. The summed E-state index contributed by atoms with van der Waals surface area (Å²) in [6.45, 7) is 1.01. The average molecular weight is 478 g/mol. The number of pyridine rings is 1. The third-order valence-corrected chi connectivity index (χ3v) is 5.98. The maximum Gasteiger partial charge on any atom is 0.142 e. The Hall–Kier alpha value is -2.68. The van der Waals surface area contributed by atoms with Gasteiger partial charge >= 0.3 is 0 Å². The van der Waals surface area contributed by atoms with Gasteiger partial charge in [0.25, 0.3) is 0 Å². The average Bonchev–Trinajstić information content (AvgIpc) is 2.80. The van der Waals surface area contributed by atoms with Gasteiger partial charge in [0.05, 0.1) is 22.2 Å². The smallest absolute Gasteiger partial charge is 0.142 e. The standard InChI is InChI=1S/C23H19ClF3N3OS/c24-18-10-22(32-30-23-8-7-16(26)12-29-23)19(27)11-21(18)31-13-20-17(2-1-9-28-20)14-3-5-15(25)6-4-14/h2-8,10-12,20,28H,1,9,13H2,(H,29,30). The van der Waals surface area contributed by atoms with Crippen molar-refractivity contribution in [3.8, 4) is 5.75 Å². The Kier molecular flexibility index (Phi) is 7.24. The fourth-order valence-corrected chi connectivity index (χ4v) is 4.21. The summed E-state index contributed by atoms with van der Waals surface area (Å²) in [7, 11) is 0. The highest BCUT2D eigenvalue weighted by atomic mass is 35.5. The van der Waals surface area contributed by atoms with Crippen LogP contribution >= 0.6 is 23.5 Å². The zero-order valence-corrected chi connectivity index (χ0v) is 18.3. The van der Waals surface area contributed by atoms with Gasteiger partial charge in [-0.3, -0.25) is 0 Å². The van der Waals surface area contributed by atoms with Gasteiger partial charge in [0.2, 0.25) is 0 Å². The first-order valence-corrected chi connectivity index (χ1v) is 11.0. The molecule has 166 valence electrons. The van der Waals surface area contributed by atoms with Gasteiger partial charge in [0.15, 0.2) is 0 Å². The Morgan fingerprint density at radius 1 is 1.09 bits per heavy atom. The first-order valence-electron chi connectivity index (χ1n) is 9.85. The van der Waals surface area contributed by atoms with Crippen molar-refractivity contribution in [1.82, 2.24) is 10.3 Å². The molecule has 0 fully saturated rings. The van der Waals surface area contributed by atoms with E-state index in [4.69, 9.17) is 16.3 Å². The second-order valence-electron chi connectivity index (χ2n) is 7.05. The fourth-order valence-electron chi connectivity index (χ4n) is 3.26. The second-order valence-corrected chi connectivity index (χ2v) is 8.31. The van der Waals surface area contributed by atoms with Crippen molar-refractivity contribution >= 4 is 34.9 Å². The predicted octanol–water partition coefficient (Wildman–Crippen LogP) is 6.10. The third kappa shape index (κ3) is 5.56. The number of aromatic nitrogens is 1. The summed E-state index contributed by atoms with van der Waals surface area (Å²) >= 11 is 7.29. The normalized spacial score (nSPS) is 15.9. The van der Waals surface area contributed by atoms with E-state index in [9.17, 15) is 13.2 Å². The lowest BCUT2D eigenvalue weighted by Gasteiger charge is -2.26. The van der Waals surface area contributed by atoms with E-state index in [-0.39, 0.29) is 34.1 Å². The molecular formula is C23H19ClF3N3OS. The minimum atomic E-state index is -0.519. The van der Waals surface area contributed by atoms with Crippen molar-refractivity contribution in [2.24, 2.45) is 0 Å². The van der Waals surface area contributed by atoms with E-state index in [0.717, 1.165) is 42.2 Å². The van der Waals surface area contributed by atoms with Crippen LogP contribution in [0.3, 0.4) is 0 Å². The molecule has 2 N–H and O–H groups in total. The molecule has 2 heterocycles. The topological polar surface area (TPSA) is 46.2 Å². The first-order chi connectivity index (χ1) is 15.5. The molecule has 1 aliphatic heterocycles. The van der Waals surface area contributed by atoms with Crippen molar-refractivity contribution in [2.45, 2.75) is 17.4 Å². The SMILES string of the molecule is Fc1ccc(C2=CCCNC2COc2cc(F)c(SNc3ccc(F)cn3)cc2Cl)cc1. The maximum absolute atomic E-state index is 14.6. The molecule has 0 bridgehead atoms. The van der Waals surface area contributed by atoms with Crippen LogP contribution in [0.25, 0.3) is 5.57 Å².